The highest BCUT2D eigenvalue weighted by Gasteiger charge is 2.17. The van der Waals surface area contributed by atoms with E-state index in [1.165, 1.54) is 17.7 Å². The predicted octanol–water partition coefficient (Wildman–Crippen LogP) is 1.76. The van der Waals surface area contributed by atoms with Crippen LogP contribution in [0, 0.1) is 0 Å². The summed E-state index contributed by atoms with van der Waals surface area (Å²) in [4.78, 5) is 7.52. The molecule has 0 unspecified atom stereocenters. The second-order valence-corrected chi connectivity index (χ2v) is 5.14. The first kappa shape index (κ1) is 13.7. The minimum absolute atomic E-state index is 0. The lowest BCUT2D eigenvalue weighted by molar-refractivity contribution is 0.0796. The Morgan fingerprint density at radius 1 is 1.69 bits per heavy atom. The molecule has 1 atom stereocenters. The van der Waals surface area contributed by atoms with Gasteiger partial charge in [-0.3, -0.25) is 4.90 Å². The maximum Gasteiger partial charge on any atom is 0.180 e. The highest BCUT2D eigenvalue weighted by molar-refractivity contribution is 7.15. The summed E-state index contributed by atoms with van der Waals surface area (Å²) in [5, 5.41) is 0.649. The molecule has 0 bridgehead atoms. The first-order valence-electron chi connectivity index (χ1n) is 5.24. The summed E-state index contributed by atoms with van der Waals surface area (Å²) in [6, 6.07) is 0. The second kappa shape index (κ2) is 6.39. The summed E-state index contributed by atoms with van der Waals surface area (Å²) in [5.41, 5.74) is 5.58. The van der Waals surface area contributed by atoms with Gasteiger partial charge in [-0.1, -0.05) is 0 Å². The van der Waals surface area contributed by atoms with Gasteiger partial charge in [0.05, 0.1) is 6.10 Å². The molecule has 0 saturated carbocycles. The maximum absolute atomic E-state index is 5.59. The zero-order valence-corrected chi connectivity index (χ0v) is 11.0. The van der Waals surface area contributed by atoms with Crippen molar-refractivity contribution in [3.63, 3.8) is 0 Å². The van der Waals surface area contributed by atoms with Crippen LogP contribution < -0.4 is 5.73 Å². The van der Waals surface area contributed by atoms with E-state index in [4.69, 9.17) is 10.5 Å². The van der Waals surface area contributed by atoms with E-state index in [2.05, 4.69) is 16.9 Å². The molecule has 6 heteroatoms. The molecule has 2 rings (SSSR count). The molecule has 0 aliphatic carbocycles. The van der Waals surface area contributed by atoms with Crippen molar-refractivity contribution in [3.8, 4) is 0 Å². The van der Waals surface area contributed by atoms with E-state index in [0.717, 1.165) is 19.7 Å². The number of ether oxygens (including phenoxy) is 1. The molecule has 1 aromatic heterocycles. The van der Waals surface area contributed by atoms with E-state index in [9.17, 15) is 0 Å². The normalized spacial score (nSPS) is 20.0. The van der Waals surface area contributed by atoms with E-state index >= 15 is 0 Å². The molecule has 16 heavy (non-hydrogen) atoms. The zero-order valence-electron chi connectivity index (χ0n) is 9.39. The van der Waals surface area contributed by atoms with E-state index in [-0.39, 0.29) is 12.4 Å². The van der Waals surface area contributed by atoms with Crippen LogP contribution in [0.25, 0.3) is 0 Å². The molecular weight excluding hydrogens is 246 g/mol. The largest absolute Gasteiger partial charge is 0.377 e. The van der Waals surface area contributed by atoms with Crippen molar-refractivity contribution in [3.05, 3.63) is 11.1 Å². The third kappa shape index (κ3) is 3.90. The number of halogens is 1. The standard InChI is InChI=1S/C10H17N3OS.ClH/c1-13(6-8-3-2-4-14-8)7-9-5-12-10(11)15-9;/h5,8H,2-4,6-7H2,1H3,(H2,11,12);1H/t8-;/m1./s1. The highest BCUT2D eigenvalue weighted by Crippen LogP contribution is 2.18. The Morgan fingerprint density at radius 2 is 2.50 bits per heavy atom. The monoisotopic (exact) mass is 263 g/mol. The topological polar surface area (TPSA) is 51.4 Å². The Morgan fingerprint density at radius 3 is 3.06 bits per heavy atom. The molecule has 92 valence electrons. The Hall–Kier alpha value is -0.360. The van der Waals surface area contributed by atoms with Crippen molar-refractivity contribution in [2.45, 2.75) is 25.5 Å². The summed E-state index contributed by atoms with van der Waals surface area (Å²) in [7, 11) is 2.11. The Bertz CT molecular complexity index is 315. The van der Waals surface area contributed by atoms with Crippen LogP contribution in [0.4, 0.5) is 5.13 Å². The number of nitrogens with two attached hydrogens (primary N) is 1. The lowest BCUT2D eigenvalue weighted by Crippen LogP contribution is -2.27. The number of nitrogen functional groups attached to an aromatic ring is 1. The fourth-order valence-electron chi connectivity index (χ4n) is 1.86. The molecule has 1 fully saturated rings. The Kier molecular flexibility index (Phi) is 5.48. The molecule has 1 aromatic rings. The minimum Gasteiger partial charge on any atom is -0.377 e. The zero-order chi connectivity index (χ0) is 10.7. The molecule has 0 spiro atoms. The van der Waals surface area contributed by atoms with Crippen molar-refractivity contribution in [1.82, 2.24) is 9.88 Å². The van der Waals surface area contributed by atoms with E-state index in [1.54, 1.807) is 11.3 Å². The molecule has 2 heterocycles. The van der Waals surface area contributed by atoms with E-state index in [0.29, 0.717) is 11.2 Å². The van der Waals surface area contributed by atoms with Crippen molar-refractivity contribution in [2.75, 3.05) is 25.9 Å². The highest BCUT2D eigenvalue weighted by atomic mass is 35.5. The quantitative estimate of drug-likeness (QED) is 0.899. The predicted molar refractivity (Wildman–Crippen MR) is 69.1 cm³/mol. The summed E-state index contributed by atoms with van der Waals surface area (Å²) in [6.07, 6.45) is 4.66. The smallest absolute Gasteiger partial charge is 0.180 e. The number of aromatic nitrogens is 1. The molecule has 0 aromatic carbocycles. The van der Waals surface area contributed by atoms with Crippen LogP contribution in [-0.4, -0.2) is 36.2 Å². The number of hydrogen-bond acceptors (Lipinski definition) is 5. The second-order valence-electron chi connectivity index (χ2n) is 4.00. The molecule has 1 aliphatic rings. The van der Waals surface area contributed by atoms with Crippen molar-refractivity contribution >= 4 is 28.9 Å². The summed E-state index contributed by atoms with van der Waals surface area (Å²) >= 11 is 1.56. The van der Waals surface area contributed by atoms with Gasteiger partial charge in [0, 0.05) is 30.8 Å². The number of anilines is 1. The molecular formula is C10H18ClN3OS. The van der Waals surface area contributed by atoms with Crippen LogP contribution in [0.5, 0.6) is 0 Å². The van der Waals surface area contributed by atoms with Gasteiger partial charge in [0.2, 0.25) is 0 Å². The lowest BCUT2D eigenvalue weighted by Gasteiger charge is -2.19. The van der Waals surface area contributed by atoms with Crippen molar-refractivity contribution in [1.29, 1.82) is 0 Å². The van der Waals surface area contributed by atoms with Crippen LogP contribution >= 0.6 is 23.7 Å². The third-order valence-electron chi connectivity index (χ3n) is 2.54. The minimum atomic E-state index is 0. The van der Waals surface area contributed by atoms with Crippen LogP contribution in [0.1, 0.15) is 17.7 Å². The van der Waals surface area contributed by atoms with Gasteiger partial charge in [0.1, 0.15) is 0 Å². The van der Waals surface area contributed by atoms with Crippen LogP contribution in [0.2, 0.25) is 0 Å². The van der Waals surface area contributed by atoms with Gasteiger partial charge in [-0.25, -0.2) is 4.98 Å². The van der Waals surface area contributed by atoms with Gasteiger partial charge in [0.25, 0.3) is 0 Å². The summed E-state index contributed by atoms with van der Waals surface area (Å²) < 4.78 is 5.59. The fourth-order valence-corrected chi connectivity index (χ4v) is 2.63. The van der Waals surface area contributed by atoms with Gasteiger partial charge < -0.3 is 10.5 Å². The fraction of sp³-hybridized carbons (Fsp3) is 0.700. The first-order chi connectivity index (χ1) is 7.24. The third-order valence-corrected chi connectivity index (χ3v) is 3.35. The van der Waals surface area contributed by atoms with Crippen molar-refractivity contribution in [2.24, 2.45) is 0 Å². The first-order valence-corrected chi connectivity index (χ1v) is 6.06. The number of likely N-dealkylation sites (N-methyl/N-ethyl adjacent to an activating group) is 1. The average molecular weight is 264 g/mol. The Labute approximate surface area is 106 Å². The lowest BCUT2D eigenvalue weighted by atomic mass is 10.2. The maximum atomic E-state index is 5.59. The number of nitrogens with zero attached hydrogens (tertiary/aromatic N) is 2. The van der Waals surface area contributed by atoms with Crippen LogP contribution in [0.3, 0.4) is 0 Å². The van der Waals surface area contributed by atoms with Gasteiger partial charge in [-0.15, -0.1) is 23.7 Å². The molecule has 2 N–H and O–H groups in total. The van der Waals surface area contributed by atoms with Crippen LogP contribution in [-0.2, 0) is 11.3 Å². The Balaban J connectivity index is 0.00000128. The van der Waals surface area contributed by atoms with Crippen LogP contribution in [0.15, 0.2) is 6.20 Å². The molecule has 1 aliphatic heterocycles. The number of hydrogen-bond donors (Lipinski definition) is 1. The van der Waals surface area contributed by atoms with Gasteiger partial charge in [-0.2, -0.15) is 0 Å². The van der Waals surface area contributed by atoms with Gasteiger partial charge in [-0.05, 0) is 19.9 Å². The molecule has 0 radical (unpaired) electrons. The number of rotatable bonds is 4. The molecule has 1 saturated heterocycles. The molecule has 0 amide bonds. The molecule has 4 nitrogen and oxygen atoms in total. The number of thiazole rings is 1. The summed E-state index contributed by atoms with van der Waals surface area (Å²) in [5.74, 6) is 0. The van der Waals surface area contributed by atoms with E-state index in [1.807, 2.05) is 6.20 Å². The van der Waals surface area contributed by atoms with Gasteiger partial charge >= 0.3 is 0 Å². The summed E-state index contributed by atoms with van der Waals surface area (Å²) in [6.45, 7) is 2.83. The van der Waals surface area contributed by atoms with Crippen molar-refractivity contribution < 1.29 is 4.74 Å². The average Bonchev–Trinajstić information content (AvgIpc) is 2.77. The SMILES string of the molecule is CN(Cc1cnc(N)s1)C[C@H]1CCCO1.Cl. The van der Waals surface area contributed by atoms with Gasteiger partial charge in [0.15, 0.2) is 5.13 Å². The van der Waals surface area contributed by atoms with E-state index < -0.39 is 0 Å².